The fraction of sp³-hybridized carbons (Fsp3) is 0.353. The number of nitrogens with zero attached hydrogens (tertiary/aromatic N) is 1. The highest BCUT2D eigenvalue weighted by molar-refractivity contribution is 7.99. The third-order valence-corrected chi connectivity index (χ3v) is 4.10. The monoisotopic (exact) mass is 286 g/mol. The highest BCUT2D eigenvalue weighted by Crippen LogP contribution is 2.28. The van der Waals surface area contributed by atoms with Crippen molar-refractivity contribution in [3.8, 4) is 0 Å². The van der Waals surface area contributed by atoms with Gasteiger partial charge in [0.25, 0.3) is 0 Å². The minimum Gasteiger partial charge on any atom is -0.309 e. The molecule has 1 unspecified atom stereocenters. The first-order valence-corrected chi connectivity index (χ1v) is 7.94. The van der Waals surface area contributed by atoms with Gasteiger partial charge in [0.1, 0.15) is 0 Å². The molecule has 0 radical (unpaired) electrons. The smallest absolute Gasteiger partial charge is 0.0571 e. The van der Waals surface area contributed by atoms with E-state index in [0.29, 0.717) is 6.04 Å². The lowest BCUT2D eigenvalue weighted by Gasteiger charge is -2.12. The summed E-state index contributed by atoms with van der Waals surface area (Å²) < 4.78 is 0. The fourth-order valence-electron chi connectivity index (χ4n) is 1.99. The molecule has 0 aliphatic heterocycles. The Labute approximate surface area is 126 Å². The maximum absolute atomic E-state index is 4.57. The quantitative estimate of drug-likeness (QED) is 0.840. The third kappa shape index (κ3) is 4.36. The van der Waals surface area contributed by atoms with Gasteiger partial charge in [0.2, 0.25) is 0 Å². The van der Waals surface area contributed by atoms with Gasteiger partial charge in [-0.25, -0.2) is 0 Å². The van der Waals surface area contributed by atoms with Crippen LogP contribution in [0.4, 0.5) is 0 Å². The van der Waals surface area contributed by atoms with Gasteiger partial charge in [-0.05, 0) is 51.1 Å². The molecule has 2 nitrogen and oxygen atoms in total. The molecule has 0 fully saturated rings. The van der Waals surface area contributed by atoms with Crippen LogP contribution in [0.15, 0.2) is 52.4 Å². The molecule has 0 saturated carbocycles. The zero-order valence-corrected chi connectivity index (χ0v) is 13.2. The van der Waals surface area contributed by atoms with E-state index in [0.717, 1.165) is 18.7 Å². The summed E-state index contributed by atoms with van der Waals surface area (Å²) in [6.45, 7) is 7.48. The van der Waals surface area contributed by atoms with Crippen LogP contribution in [0.25, 0.3) is 0 Å². The van der Waals surface area contributed by atoms with Gasteiger partial charge in [0.15, 0.2) is 0 Å². The fourth-order valence-corrected chi connectivity index (χ4v) is 2.89. The van der Waals surface area contributed by atoms with Crippen LogP contribution >= 0.6 is 11.8 Å². The van der Waals surface area contributed by atoms with Crippen LogP contribution in [0.2, 0.25) is 0 Å². The van der Waals surface area contributed by atoms with Crippen molar-refractivity contribution in [1.29, 1.82) is 0 Å². The number of nitrogens with one attached hydrogen (secondary N) is 1. The van der Waals surface area contributed by atoms with E-state index in [1.807, 2.05) is 6.20 Å². The maximum atomic E-state index is 4.57. The number of hydrogen-bond acceptors (Lipinski definition) is 3. The summed E-state index contributed by atoms with van der Waals surface area (Å²) in [5.41, 5.74) is 2.39. The first kappa shape index (κ1) is 15.1. The Morgan fingerprint density at radius 1 is 1.20 bits per heavy atom. The average Bonchev–Trinajstić information content (AvgIpc) is 2.45. The van der Waals surface area contributed by atoms with E-state index in [9.17, 15) is 0 Å². The van der Waals surface area contributed by atoms with Gasteiger partial charge < -0.3 is 5.32 Å². The molecule has 2 rings (SSSR count). The largest absolute Gasteiger partial charge is 0.309 e. The van der Waals surface area contributed by atoms with Gasteiger partial charge >= 0.3 is 0 Å². The van der Waals surface area contributed by atoms with Crippen LogP contribution in [0.1, 0.15) is 37.6 Å². The van der Waals surface area contributed by atoms with Crippen molar-refractivity contribution in [3.05, 3.63) is 53.9 Å². The minimum absolute atomic E-state index is 0.313. The molecule has 1 aromatic carbocycles. The van der Waals surface area contributed by atoms with Gasteiger partial charge in [-0.3, -0.25) is 4.98 Å². The highest BCUT2D eigenvalue weighted by Gasteiger charge is 2.06. The van der Waals surface area contributed by atoms with Gasteiger partial charge in [0, 0.05) is 22.0 Å². The van der Waals surface area contributed by atoms with E-state index in [1.165, 1.54) is 15.4 Å². The number of rotatable bonds is 6. The van der Waals surface area contributed by atoms with Gasteiger partial charge in [-0.1, -0.05) is 36.4 Å². The van der Waals surface area contributed by atoms with E-state index in [4.69, 9.17) is 0 Å². The van der Waals surface area contributed by atoms with Crippen LogP contribution in [0.3, 0.4) is 0 Å². The Bertz CT molecular complexity index is 537. The molecule has 0 saturated heterocycles. The van der Waals surface area contributed by atoms with Gasteiger partial charge in [-0.15, -0.1) is 0 Å². The van der Waals surface area contributed by atoms with Crippen LogP contribution in [0.5, 0.6) is 0 Å². The molecule has 1 N–H and O–H groups in total. The van der Waals surface area contributed by atoms with Crippen molar-refractivity contribution in [3.63, 3.8) is 0 Å². The zero-order valence-electron chi connectivity index (χ0n) is 12.4. The van der Waals surface area contributed by atoms with E-state index in [1.54, 1.807) is 11.8 Å². The molecule has 106 valence electrons. The first-order valence-electron chi connectivity index (χ1n) is 7.13. The summed E-state index contributed by atoms with van der Waals surface area (Å²) in [7, 11) is 0. The molecule has 1 heterocycles. The zero-order chi connectivity index (χ0) is 14.4. The Hall–Kier alpha value is -1.32. The van der Waals surface area contributed by atoms with E-state index in [2.05, 4.69) is 67.5 Å². The second kappa shape index (κ2) is 7.46. The van der Waals surface area contributed by atoms with Gasteiger partial charge in [-0.2, -0.15) is 0 Å². The lowest BCUT2D eigenvalue weighted by atomic mass is 10.2. The van der Waals surface area contributed by atoms with Crippen molar-refractivity contribution < 1.29 is 0 Å². The molecule has 0 amide bonds. The Kier molecular flexibility index (Phi) is 5.62. The topological polar surface area (TPSA) is 24.9 Å². The maximum Gasteiger partial charge on any atom is 0.0571 e. The molecule has 1 aromatic heterocycles. The number of pyridine rings is 1. The average molecular weight is 286 g/mol. The van der Waals surface area contributed by atoms with E-state index >= 15 is 0 Å². The first-order chi connectivity index (χ1) is 9.69. The van der Waals surface area contributed by atoms with Crippen molar-refractivity contribution in [2.24, 2.45) is 0 Å². The summed E-state index contributed by atoms with van der Waals surface area (Å²) in [4.78, 5) is 7.01. The Balaban J connectivity index is 2.01. The van der Waals surface area contributed by atoms with E-state index < -0.39 is 0 Å². The van der Waals surface area contributed by atoms with Crippen LogP contribution in [0, 0.1) is 6.92 Å². The standard InChI is InChI=1S/C17H22N2S/c1-4-10-18-14(3)17-9-8-16(12-19-17)20-15-7-5-6-13(2)11-15/h5-9,11-12,14,18H,4,10H2,1-3H3. The van der Waals surface area contributed by atoms with Crippen LogP contribution < -0.4 is 5.32 Å². The van der Waals surface area contributed by atoms with E-state index in [-0.39, 0.29) is 0 Å². The Morgan fingerprint density at radius 2 is 2.05 bits per heavy atom. The van der Waals surface area contributed by atoms with Gasteiger partial charge in [0.05, 0.1) is 5.69 Å². The molecule has 0 spiro atoms. The molecule has 0 aliphatic rings. The molecular weight excluding hydrogens is 264 g/mol. The highest BCUT2D eigenvalue weighted by atomic mass is 32.2. The molecule has 3 heteroatoms. The lowest BCUT2D eigenvalue weighted by molar-refractivity contribution is 0.558. The predicted molar refractivity (Wildman–Crippen MR) is 86.2 cm³/mol. The summed E-state index contributed by atoms with van der Waals surface area (Å²) in [6, 6.07) is 13.1. The predicted octanol–water partition coefficient (Wildman–Crippen LogP) is 4.60. The summed E-state index contributed by atoms with van der Waals surface area (Å²) in [6.07, 6.45) is 3.11. The molecule has 0 bridgehead atoms. The molecule has 2 aromatic rings. The number of benzene rings is 1. The van der Waals surface area contributed by atoms with Crippen molar-refractivity contribution in [1.82, 2.24) is 10.3 Å². The van der Waals surface area contributed by atoms with Crippen molar-refractivity contribution in [2.45, 2.75) is 43.0 Å². The third-order valence-electron chi connectivity index (χ3n) is 3.13. The minimum atomic E-state index is 0.313. The number of hydrogen-bond donors (Lipinski definition) is 1. The SMILES string of the molecule is CCCNC(C)c1ccc(Sc2cccc(C)c2)cn1. The second-order valence-corrected chi connectivity index (χ2v) is 6.16. The van der Waals surface area contributed by atoms with Crippen molar-refractivity contribution >= 4 is 11.8 Å². The molecular formula is C17H22N2S. The van der Waals surface area contributed by atoms with Crippen molar-refractivity contribution in [2.75, 3.05) is 6.54 Å². The number of aromatic nitrogens is 1. The summed E-state index contributed by atoms with van der Waals surface area (Å²) >= 11 is 1.76. The second-order valence-electron chi connectivity index (χ2n) is 5.01. The summed E-state index contributed by atoms with van der Waals surface area (Å²) in [5.74, 6) is 0. The molecule has 1 atom stereocenters. The Morgan fingerprint density at radius 3 is 2.70 bits per heavy atom. The van der Waals surface area contributed by atoms with Crippen LogP contribution in [-0.2, 0) is 0 Å². The number of aryl methyl sites for hydroxylation is 1. The normalized spacial score (nSPS) is 12.3. The lowest BCUT2D eigenvalue weighted by Crippen LogP contribution is -2.20. The molecule has 0 aliphatic carbocycles. The molecule has 20 heavy (non-hydrogen) atoms. The summed E-state index contributed by atoms with van der Waals surface area (Å²) in [5, 5.41) is 3.46. The van der Waals surface area contributed by atoms with Crippen LogP contribution in [-0.4, -0.2) is 11.5 Å².